The van der Waals surface area contributed by atoms with Crippen molar-refractivity contribution in [3.05, 3.63) is 70.3 Å². The van der Waals surface area contributed by atoms with E-state index in [1.54, 1.807) is 24.1 Å². The highest BCUT2D eigenvalue weighted by atomic mass is 79.9. The standard InChI is InChI=1S/C24H21BrN4O4S/c1-33-22-8-7-16(12-21(22)25)23-18(14-29(28-23)20-5-3-2-4-6-20)11-17(13-26)24(30)27-19-9-10-34(31,32)15-19/h2-8,11-12,14,19H,9-10,15H2,1H3,(H,27,30). The number of sulfone groups is 1. The topological polar surface area (TPSA) is 114 Å². The molecule has 1 atom stereocenters. The van der Waals surface area contributed by atoms with Gasteiger partial charge < -0.3 is 10.1 Å². The molecule has 0 bridgehead atoms. The number of halogens is 1. The molecule has 1 amide bonds. The summed E-state index contributed by atoms with van der Waals surface area (Å²) >= 11 is 3.49. The van der Waals surface area contributed by atoms with Gasteiger partial charge in [0.1, 0.15) is 23.1 Å². The molecule has 0 radical (unpaired) electrons. The number of carbonyl (C=O) groups excluding carboxylic acids is 1. The lowest BCUT2D eigenvalue weighted by Gasteiger charge is -2.10. The van der Waals surface area contributed by atoms with Gasteiger partial charge in [0.05, 0.1) is 28.8 Å². The van der Waals surface area contributed by atoms with Crippen molar-refractivity contribution in [2.75, 3.05) is 18.6 Å². The molecule has 1 aliphatic rings. The van der Waals surface area contributed by atoms with E-state index in [0.29, 0.717) is 23.4 Å². The van der Waals surface area contributed by atoms with Gasteiger partial charge in [-0.3, -0.25) is 4.79 Å². The number of hydrogen-bond donors (Lipinski definition) is 1. The highest BCUT2D eigenvalue weighted by molar-refractivity contribution is 9.10. The Morgan fingerprint density at radius 2 is 2.06 bits per heavy atom. The summed E-state index contributed by atoms with van der Waals surface area (Å²) in [4.78, 5) is 12.8. The molecule has 1 unspecified atom stereocenters. The zero-order valence-electron chi connectivity index (χ0n) is 18.2. The van der Waals surface area contributed by atoms with Gasteiger partial charge in [-0.2, -0.15) is 10.4 Å². The van der Waals surface area contributed by atoms with Gasteiger partial charge in [-0.25, -0.2) is 13.1 Å². The molecular weight excluding hydrogens is 520 g/mol. The van der Waals surface area contributed by atoms with Crippen LogP contribution in [-0.4, -0.2) is 48.8 Å². The van der Waals surface area contributed by atoms with Gasteiger partial charge in [0.2, 0.25) is 0 Å². The lowest BCUT2D eigenvalue weighted by Crippen LogP contribution is -2.36. The number of hydrogen-bond acceptors (Lipinski definition) is 6. The van der Waals surface area contributed by atoms with E-state index in [0.717, 1.165) is 15.7 Å². The molecule has 174 valence electrons. The third-order valence-corrected chi connectivity index (χ3v) is 7.81. The SMILES string of the molecule is COc1ccc(-c2nn(-c3ccccc3)cc2C=C(C#N)C(=O)NC2CCS(=O)(=O)C2)cc1Br. The lowest BCUT2D eigenvalue weighted by atomic mass is 10.1. The van der Waals surface area contributed by atoms with Crippen LogP contribution in [0.3, 0.4) is 0 Å². The van der Waals surface area contributed by atoms with Gasteiger partial charge in [0, 0.05) is 23.4 Å². The number of nitrogens with zero attached hydrogens (tertiary/aromatic N) is 3. The van der Waals surface area contributed by atoms with Crippen molar-refractivity contribution in [2.45, 2.75) is 12.5 Å². The van der Waals surface area contributed by atoms with Crippen LogP contribution in [0.15, 0.2) is 64.8 Å². The van der Waals surface area contributed by atoms with Crippen LogP contribution in [0, 0.1) is 11.3 Å². The Balaban J connectivity index is 1.73. The average Bonchev–Trinajstić information content (AvgIpc) is 3.40. The first kappa shape index (κ1) is 23.7. The fraction of sp³-hybridized carbons (Fsp3) is 0.208. The summed E-state index contributed by atoms with van der Waals surface area (Å²) < 4.78 is 31.1. The van der Waals surface area contributed by atoms with Crippen LogP contribution in [0.5, 0.6) is 5.75 Å². The maximum Gasteiger partial charge on any atom is 0.262 e. The molecule has 0 spiro atoms. The number of benzene rings is 2. The maximum atomic E-state index is 12.8. The summed E-state index contributed by atoms with van der Waals surface area (Å²) in [5, 5.41) is 17.1. The van der Waals surface area contributed by atoms with Crippen LogP contribution >= 0.6 is 15.9 Å². The zero-order chi connectivity index (χ0) is 24.3. The van der Waals surface area contributed by atoms with Crippen LogP contribution in [-0.2, 0) is 14.6 Å². The third kappa shape index (κ3) is 5.21. The molecule has 0 saturated carbocycles. The number of nitrogens with one attached hydrogen (secondary N) is 1. The van der Waals surface area contributed by atoms with Crippen molar-refractivity contribution in [3.63, 3.8) is 0 Å². The van der Waals surface area contributed by atoms with Gasteiger partial charge in [-0.05, 0) is 58.8 Å². The molecule has 3 aromatic rings. The molecule has 0 aliphatic carbocycles. The Labute approximate surface area is 205 Å². The minimum absolute atomic E-state index is 0.0316. The first-order valence-corrected chi connectivity index (χ1v) is 13.0. The minimum atomic E-state index is -3.16. The van der Waals surface area contributed by atoms with Crippen LogP contribution < -0.4 is 10.1 Å². The second-order valence-corrected chi connectivity index (χ2v) is 10.9. The maximum absolute atomic E-state index is 12.8. The Morgan fingerprint density at radius 3 is 2.68 bits per heavy atom. The number of amides is 1. The van der Waals surface area contributed by atoms with Crippen LogP contribution in [0.2, 0.25) is 0 Å². The van der Waals surface area contributed by atoms with Gasteiger partial charge in [-0.1, -0.05) is 18.2 Å². The number of methoxy groups -OCH3 is 1. The molecule has 1 N–H and O–H groups in total. The summed E-state index contributed by atoms with van der Waals surface area (Å²) in [6.45, 7) is 0. The van der Waals surface area contributed by atoms with E-state index < -0.39 is 21.8 Å². The number of ether oxygens (including phenoxy) is 1. The second-order valence-electron chi connectivity index (χ2n) is 7.81. The number of para-hydroxylation sites is 1. The summed E-state index contributed by atoms with van der Waals surface area (Å²) in [6.07, 6.45) is 3.55. The van der Waals surface area contributed by atoms with Crippen molar-refractivity contribution in [2.24, 2.45) is 0 Å². The summed E-state index contributed by atoms with van der Waals surface area (Å²) in [6, 6.07) is 16.4. The quantitative estimate of drug-likeness (QED) is 0.378. The van der Waals surface area contributed by atoms with E-state index >= 15 is 0 Å². The summed E-state index contributed by atoms with van der Waals surface area (Å²) in [7, 11) is -1.58. The van der Waals surface area contributed by atoms with Gasteiger partial charge in [0.25, 0.3) is 5.91 Å². The van der Waals surface area contributed by atoms with E-state index in [1.807, 2.05) is 48.5 Å². The number of carbonyl (C=O) groups is 1. The van der Waals surface area contributed by atoms with Crippen molar-refractivity contribution < 1.29 is 17.9 Å². The molecule has 34 heavy (non-hydrogen) atoms. The Morgan fingerprint density at radius 1 is 1.29 bits per heavy atom. The lowest BCUT2D eigenvalue weighted by molar-refractivity contribution is -0.117. The number of rotatable bonds is 6. The van der Waals surface area contributed by atoms with Crippen LogP contribution in [0.4, 0.5) is 0 Å². The Bertz CT molecular complexity index is 1410. The molecule has 4 rings (SSSR count). The molecule has 10 heteroatoms. The molecule has 2 aromatic carbocycles. The average molecular weight is 541 g/mol. The molecule has 1 aromatic heterocycles. The normalized spacial score (nSPS) is 17.2. The van der Waals surface area contributed by atoms with Crippen molar-refractivity contribution >= 4 is 37.8 Å². The van der Waals surface area contributed by atoms with E-state index in [1.165, 1.54) is 6.08 Å². The Hall–Kier alpha value is -3.42. The van der Waals surface area contributed by atoms with Gasteiger partial charge >= 0.3 is 0 Å². The first-order valence-electron chi connectivity index (χ1n) is 10.4. The molecule has 2 heterocycles. The van der Waals surface area contributed by atoms with E-state index in [4.69, 9.17) is 9.84 Å². The smallest absolute Gasteiger partial charge is 0.262 e. The van der Waals surface area contributed by atoms with E-state index in [-0.39, 0.29) is 17.1 Å². The zero-order valence-corrected chi connectivity index (χ0v) is 20.6. The largest absolute Gasteiger partial charge is 0.496 e. The first-order chi connectivity index (χ1) is 16.3. The van der Waals surface area contributed by atoms with Crippen molar-refractivity contribution in [3.8, 4) is 28.8 Å². The van der Waals surface area contributed by atoms with E-state index in [2.05, 4.69) is 21.2 Å². The predicted octanol–water partition coefficient (Wildman–Crippen LogP) is 3.52. The van der Waals surface area contributed by atoms with Crippen molar-refractivity contribution in [1.82, 2.24) is 15.1 Å². The number of nitriles is 1. The molecule has 1 aliphatic heterocycles. The highest BCUT2D eigenvalue weighted by Crippen LogP contribution is 2.32. The predicted molar refractivity (Wildman–Crippen MR) is 132 cm³/mol. The van der Waals surface area contributed by atoms with Crippen LogP contribution in [0.25, 0.3) is 23.0 Å². The molecule has 8 nitrogen and oxygen atoms in total. The monoisotopic (exact) mass is 540 g/mol. The fourth-order valence-electron chi connectivity index (χ4n) is 3.72. The Kier molecular flexibility index (Phi) is 6.86. The number of aromatic nitrogens is 2. The highest BCUT2D eigenvalue weighted by Gasteiger charge is 2.29. The van der Waals surface area contributed by atoms with Crippen molar-refractivity contribution in [1.29, 1.82) is 5.26 Å². The molecule has 1 fully saturated rings. The van der Waals surface area contributed by atoms with Gasteiger partial charge in [0.15, 0.2) is 9.84 Å². The second kappa shape index (κ2) is 9.83. The van der Waals surface area contributed by atoms with Crippen LogP contribution in [0.1, 0.15) is 12.0 Å². The molecular formula is C24H21BrN4O4S. The fourth-order valence-corrected chi connectivity index (χ4v) is 5.93. The molecule has 1 saturated heterocycles. The van der Waals surface area contributed by atoms with E-state index in [9.17, 15) is 18.5 Å². The minimum Gasteiger partial charge on any atom is -0.496 e. The van der Waals surface area contributed by atoms with Gasteiger partial charge in [-0.15, -0.1) is 0 Å². The summed E-state index contributed by atoms with van der Waals surface area (Å²) in [5.41, 5.74) is 2.57. The summed E-state index contributed by atoms with van der Waals surface area (Å²) in [5.74, 6) is -0.0378. The third-order valence-electron chi connectivity index (χ3n) is 5.42.